The van der Waals surface area contributed by atoms with Crippen LogP contribution in [0.2, 0.25) is 0 Å². The van der Waals surface area contributed by atoms with E-state index in [2.05, 4.69) is 10.5 Å². The first-order chi connectivity index (χ1) is 15.2. The van der Waals surface area contributed by atoms with Crippen molar-refractivity contribution in [2.45, 2.75) is 0 Å². The van der Waals surface area contributed by atoms with E-state index in [-0.39, 0.29) is 12.5 Å². The summed E-state index contributed by atoms with van der Waals surface area (Å²) in [6.45, 7) is -0.120. The van der Waals surface area contributed by atoms with Crippen LogP contribution in [0.15, 0.2) is 96.1 Å². The maximum Gasteiger partial charge on any atom is 0.277 e. The number of hydrogen-bond acceptors (Lipinski definition) is 4. The smallest absolute Gasteiger partial charge is 0.277 e. The summed E-state index contributed by atoms with van der Waals surface area (Å²) in [5, 5.41) is 6.05. The molecule has 0 aliphatic heterocycles. The van der Waals surface area contributed by atoms with Crippen LogP contribution >= 0.6 is 0 Å². The van der Waals surface area contributed by atoms with Gasteiger partial charge >= 0.3 is 0 Å². The van der Waals surface area contributed by atoms with Gasteiger partial charge in [0.2, 0.25) is 0 Å². The Balaban J connectivity index is 1.34. The normalized spacial score (nSPS) is 10.9. The number of benzene rings is 4. The summed E-state index contributed by atoms with van der Waals surface area (Å²) >= 11 is 0. The maximum absolute atomic E-state index is 12.1. The van der Waals surface area contributed by atoms with Crippen molar-refractivity contribution < 1.29 is 14.3 Å². The summed E-state index contributed by atoms with van der Waals surface area (Å²) in [4.78, 5) is 12.1. The number of nitrogens with one attached hydrogen (secondary N) is 1. The van der Waals surface area contributed by atoms with Crippen LogP contribution in [0, 0.1) is 0 Å². The Kier molecular flexibility index (Phi) is 6.24. The molecule has 0 aliphatic carbocycles. The fourth-order valence-corrected chi connectivity index (χ4v) is 3.31. The molecule has 4 aromatic carbocycles. The number of nitrogens with zero attached hydrogens (tertiary/aromatic N) is 1. The lowest BCUT2D eigenvalue weighted by molar-refractivity contribution is -0.123. The molecule has 0 radical (unpaired) electrons. The fraction of sp³-hybridized carbons (Fsp3) is 0.0769. The van der Waals surface area contributed by atoms with Gasteiger partial charge in [0.05, 0.1) is 13.3 Å². The minimum Gasteiger partial charge on any atom is -0.496 e. The zero-order valence-corrected chi connectivity index (χ0v) is 17.1. The van der Waals surface area contributed by atoms with E-state index in [1.54, 1.807) is 13.3 Å². The van der Waals surface area contributed by atoms with E-state index >= 15 is 0 Å². The van der Waals surface area contributed by atoms with Crippen molar-refractivity contribution in [3.05, 3.63) is 96.6 Å². The Morgan fingerprint density at radius 3 is 2.26 bits per heavy atom. The second kappa shape index (κ2) is 9.59. The van der Waals surface area contributed by atoms with Gasteiger partial charge < -0.3 is 9.47 Å². The van der Waals surface area contributed by atoms with Crippen molar-refractivity contribution in [2.75, 3.05) is 13.7 Å². The second-order valence-electron chi connectivity index (χ2n) is 6.87. The molecule has 0 saturated heterocycles. The van der Waals surface area contributed by atoms with Crippen molar-refractivity contribution >= 4 is 22.9 Å². The molecular weight excluding hydrogens is 388 g/mol. The molecule has 5 nitrogen and oxygen atoms in total. The first-order valence-corrected chi connectivity index (χ1v) is 9.90. The lowest BCUT2D eigenvalue weighted by atomic mass is 10.0. The zero-order chi connectivity index (χ0) is 21.5. The van der Waals surface area contributed by atoms with Crippen LogP contribution in [0.3, 0.4) is 0 Å². The number of methoxy groups -OCH3 is 1. The molecule has 1 amide bonds. The van der Waals surface area contributed by atoms with E-state index in [1.165, 1.54) is 0 Å². The number of fused-ring (bicyclic) bond motifs is 1. The topological polar surface area (TPSA) is 59.9 Å². The minimum absolute atomic E-state index is 0.120. The first-order valence-electron chi connectivity index (χ1n) is 9.90. The van der Waals surface area contributed by atoms with Gasteiger partial charge in [-0.15, -0.1) is 0 Å². The highest BCUT2D eigenvalue weighted by Crippen LogP contribution is 2.27. The SMILES string of the molecule is COc1ccc(/C=N\NC(=O)COc2ccc(-c3ccccc3)cc2)c2ccccc12. The second-order valence-corrected chi connectivity index (χ2v) is 6.87. The quantitative estimate of drug-likeness (QED) is 0.343. The Labute approximate surface area is 180 Å². The van der Waals surface area contributed by atoms with Crippen LogP contribution in [0.4, 0.5) is 0 Å². The molecule has 0 bridgehead atoms. The Morgan fingerprint density at radius 2 is 1.52 bits per heavy atom. The number of hydrazone groups is 1. The van der Waals surface area contributed by atoms with Crippen molar-refractivity contribution in [3.8, 4) is 22.6 Å². The molecule has 0 saturated carbocycles. The van der Waals surface area contributed by atoms with Gasteiger partial charge in [0.25, 0.3) is 5.91 Å². The molecule has 1 N–H and O–H groups in total. The van der Waals surface area contributed by atoms with Crippen molar-refractivity contribution in [1.82, 2.24) is 5.43 Å². The van der Waals surface area contributed by atoms with Crippen molar-refractivity contribution in [1.29, 1.82) is 0 Å². The van der Waals surface area contributed by atoms with Gasteiger partial charge in [-0.25, -0.2) is 5.43 Å². The molecule has 0 spiro atoms. The molecule has 5 heteroatoms. The van der Waals surface area contributed by atoms with E-state index in [0.717, 1.165) is 33.2 Å². The zero-order valence-electron chi connectivity index (χ0n) is 17.1. The summed E-state index contributed by atoms with van der Waals surface area (Å²) in [6.07, 6.45) is 1.62. The van der Waals surface area contributed by atoms with Gasteiger partial charge in [-0.3, -0.25) is 4.79 Å². The molecule has 4 rings (SSSR count). The molecular formula is C26H22N2O3. The molecule has 4 aromatic rings. The molecule has 0 heterocycles. The summed E-state index contributed by atoms with van der Waals surface area (Å²) in [7, 11) is 1.64. The van der Waals surface area contributed by atoms with Gasteiger partial charge in [-0.2, -0.15) is 5.10 Å². The van der Waals surface area contributed by atoms with Crippen LogP contribution in [0.5, 0.6) is 11.5 Å². The van der Waals surface area contributed by atoms with Crippen LogP contribution < -0.4 is 14.9 Å². The third kappa shape index (κ3) is 4.90. The van der Waals surface area contributed by atoms with E-state index < -0.39 is 0 Å². The molecule has 0 aliphatic rings. The Bertz CT molecular complexity index is 1200. The molecule has 0 aromatic heterocycles. The van der Waals surface area contributed by atoms with E-state index in [1.807, 2.05) is 91.0 Å². The molecule has 0 fully saturated rings. The predicted molar refractivity (Wildman–Crippen MR) is 124 cm³/mol. The minimum atomic E-state index is -0.332. The largest absolute Gasteiger partial charge is 0.496 e. The number of hydrogen-bond donors (Lipinski definition) is 1. The van der Waals surface area contributed by atoms with Gasteiger partial charge in [0.15, 0.2) is 6.61 Å². The number of amides is 1. The van der Waals surface area contributed by atoms with Crippen molar-refractivity contribution in [2.24, 2.45) is 5.10 Å². The highest BCUT2D eigenvalue weighted by Gasteiger charge is 2.05. The van der Waals surface area contributed by atoms with Crippen LogP contribution in [0.25, 0.3) is 21.9 Å². The molecule has 31 heavy (non-hydrogen) atoms. The van der Waals surface area contributed by atoms with Gasteiger partial charge in [0, 0.05) is 10.9 Å². The summed E-state index contributed by atoms with van der Waals surface area (Å²) < 4.78 is 11.0. The Hall–Kier alpha value is -4.12. The third-order valence-electron chi connectivity index (χ3n) is 4.86. The average molecular weight is 410 g/mol. The molecule has 0 unspecified atom stereocenters. The third-order valence-corrected chi connectivity index (χ3v) is 4.86. The highest BCUT2D eigenvalue weighted by atomic mass is 16.5. The van der Waals surface area contributed by atoms with E-state index in [9.17, 15) is 4.79 Å². The number of carbonyl (C=O) groups excluding carboxylic acids is 1. The fourth-order valence-electron chi connectivity index (χ4n) is 3.31. The maximum atomic E-state index is 12.1. The summed E-state index contributed by atoms with van der Waals surface area (Å²) in [6, 6.07) is 29.4. The lowest BCUT2D eigenvalue weighted by Gasteiger charge is -2.08. The van der Waals surface area contributed by atoms with Crippen LogP contribution in [-0.2, 0) is 4.79 Å². The van der Waals surface area contributed by atoms with Gasteiger partial charge in [-0.1, -0.05) is 66.7 Å². The number of ether oxygens (including phenoxy) is 2. The van der Waals surface area contributed by atoms with Crippen LogP contribution in [0.1, 0.15) is 5.56 Å². The van der Waals surface area contributed by atoms with Gasteiger partial charge in [-0.05, 0) is 40.8 Å². The number of rotatable bonds is 7. The Morgan fingerprint density at radius 1 is 0.839 bits per heavy atom. The van der Waals surface area contributed by atoms with Crippen molar-refractivity contribution in [3.63, 3.8) is 0 Å². The van der Waals surface area contributed by atoms with E-state index in [0.29, 0.717) is 5.75 Å². The molecule has 0 atom stereocenters. The highest BCUT2D eigenvalue weighted by molar-refractivity contribution is 6.02. The first kappa shape index (κ1) is 20.2. The predicted octanol–water partition coefficient (Wildman–Crippen LogP) is 5.04. The van der Waals surface area contributed by atoms with Gasteiger partial charge in [0.1, 0.15) is 11.5 Å². The monoisotopic (exact) mass is 410 g/mol. The lowest BCUT2D eigenvalue weighted by Crippen LogP contribution is -2.24. The standard InChI is InChI=1S/C26H22N2O3/c1-30-25-16-13-21(23-9-5-6-10-24(23)25)17-27-28-26(29)18-31-22-14-11-20(12-15-22)19-7-3-2-4-8-19/h2-17H,18H2,1H3,(H,28,29)/b27-17-. The average Bonchev–Trinajstić information content (AvgIpc) is 2.83. The summed E-state index contributed by atoms with van der Waals surface area (Å²) in [5.41, 5.74) is 5.61. The summed E-state index contributed by atoms with van der Waals surface area (Å²) in [5.74, 6) is 1.09. The number of carbonyl (C=O) groups is 1. The molecule has 154 valence electrons. The van der Waals surface area contributed by atoms with E-state index in [4.69, 9.17) is 9.47 Å². The van der Waals surface area contributed by atoms with Crippen LogP contribution in [-0.4, -0.2) is 25.8 Å².